The first-order valence-electron chi connectivity index (χ1n) is 7.51. The van der Waals surface area contributed by atoms with Crippen LogP contribution in [0.5, 0.6) is 0 Å². The lowest BCUT2D eigenvalue weighted by Gasteiger charge is -2.41. The van der Waals surface area contributed by atoms with E-state index in [-0.39, 0.29) is 11.8 Å². The van der Waals surface area contributed by atoms with Crippen LogP contribution >= 0.6 is 0 Å². The summed E-state index contributed by atoms with van der Waals surface area (Å²) in [6.45, 7) is 3.81. The highest BCUT2D eigenvalue weighted by Gasteiger charge is 2.39. The SMILES string of the molecule is CN(C)CC(=O)N1CCN(C(=O)C2(N)CCOCC2)CC1. The average molecular weight is 298 g/mol. The number of likely N-dealkylation sites (N-methyl/N-ethyl adjacent to an activating group) is 1. The van der Waals surface area contributed by atoms with Gasteiger partial charge in [-0.15, -0.1) is 0 Å². The van der Waals surface area contributed by atoms with Gasteiger partial charge in [-0.3, -0.25) is 9.59 Å². The van der Waals surface area contributed by atoms with E-state index in [9.17, 15) is 9.59 Å². The van der Waals surface area contributed by atoms with Crippen molar-refractivity contribution in [2.75, 3.05) is 60.0 Å². The van der Waals surface area contributed by atoms with Crippen LogP contribution in [0.1, 0.15) is 12.8 Å². The molecule has 0 aromatic heterocycles. The molecule has 0 saturated carbocycles. The molecule has 2 aliphatic rings. The summed E-state index contributed by atoms with van der Waals surface area (Å²) in [6.07, 6.45) is 1.15. The summed E-state index contributed by atoms with van der Waals surface area (Å²) in [5.74, 6) is 0.117. The van der Waals surface area contributed by atoms with Crippen LogP contribution in [0.2, 0.25) is 0 Å². The highest BCUT2D eigenvalue weighted by atomic mass is 16.5. The molecule has 0 spiro atoms. The smallest absolute Gasteiger partial charge is 0.242 e. The third kappa shape index (κ3) is 3.93. The van der Waals surface area contributed by atoms with Crippen molar-refractivity contribution in [2.45, 2.75) is 18.4 Å². The molecule has 2 saturated heterocycles. The summed E-state index contributed by atoms with van der Waals surface area (Å²) < 4.78 is 5.28. The largest absolute Gasteiger partial charge is 0.381 e. The van der Waals surface area contributed by atoms with E-state index in [1.54, 1.807) is 4.90 Å². The molecule has 2 rings (SSSR count). The number of amides is 2. The second kappa shape index (κ2) is 6.72. The number of nitrogens with two attached hydrogens (primary N) is 1. The van der Waals surface area contributed by atoms with Crippen molar-refractivity contribution in [3.63, 3.8) is 0 Å². The van der Waals surface area contributed by atoms with Gasteiger partial charge in [0.25, 0.3) is 0 Å². The quantitative estimate of drug-likeness (QED) is 0.702. The van der Waals surface area contributed by atoms with Crippen LogP contribution < -0.4 is 5.73 Å². The van der Waals surface area contributed by atoms with Gasteiger partial charge in [0.2, 0.25) is 11.8 Å². The number of ether oxygens (including phenoxy) is 1. The Morgan fingerprint density at radius 3 is 2.14 bits per heavy atom. The molecule has 0 unspecified atom stereocenters. The third-order valence-corrected chi connectivity index (χ3v) is 4.18. The number of carbonyl (C=O) groups excluding carboxylic acids is 2. The molecule has 2 amide bonds. The minimum atomic E-state index is -0.784. The number of hydrogen-bond acceptors (Lipinski definition) is 5. The minimum absolute atomic E-state index is 0.00510. The number of piperazine rings is 1. The second-order valence-electron chi connectivity index (χ2n) is 6.18. The van der Waals surface area contributed by atoms with Gasteiger partial charge in [0, 0.05) is 39.4 Å². The molecule has 0 atom stereocenters. The van der Waals surface area contributed by atoms with E-state index in [0.29, 0.717) is 58.8 Å². The average Bonchev–Trinajstić information content (AvgIpc) is 2.46. The monoisotopic (exact) mass is 298 g/mol. The molecule has 0 bridgehead atoms. The molecular formula is C14H26N4O3. The molecule has 2 heterocycles. The minimum Gasteiger partial charge on any atom is -0.381 e. The van der Waals surface area contributed by atoms with E-state index in [0.717, 1.165) is 0 Å². The van der Waals surface area contributed by atoms with Gasteiger partial charge in [-0.1, -0.05) is 0 Å². The Hall–Kier alpha value is -1.18. The Morgan fingerprint density at radius 2 is 1.62 bits per heavy atom. The molecule has 2 N–H and O–H groups in total. The van der Waals surface area contributed by atoms with Gasteiger partial charge in [-0.05, 0) is 26.9 Å². The van der Waals surface area contributed by atoms with E-state index in [4.69, 9.17) is 10.5 Å². The predicted octanol–water partition coefficient (Wildman–Crippen LogP) is -1.27. The van der Waals surface area contributed by atoms with Crippen molar-refractivity contribution in [2.24, 2.45) is 5.73 Å². The molecule has 0 radical (unpaired) electrons. The number of hydrogen-bond donors (Lipinski definition) is 1. The Labute approximate surface area is 126 Å². The second-order valence-corrected chi connectivity index (χ2v) is 6.18. The first-order valence-corrected chi connectivity index (χ1v) is 7.51. The highest BCUT2D eigenvalue weighted by Crippen LogP contribution is 2.21. The number of carbonyl (C=O) groups is 2. The molecular weight excluding hydrogens is 272 g/mol. The summed E-state index contributed by atoms with van der Waals surface area (Å²) in [5.41, 5.74) is 5.45. The Kier molecular flexibility index (Phi) is 5.18. The Balaban J connectivity index is 1.86. The maximum absolute atomic E-state index is 12.6. The molecule has 21 heavy (non-hydrogen) atoms. The van der Waals surface area contributed by atoms with Crippen LogP contribution in [-0.2, 0) is 14.3 Å². The van der Waals surface area contributed by atoms with Crippen molar-refractivity contribution in [1.29, 1.82) is 0 Å². The third-order valence-electron chi connectivity index (χ3n) is 4.18. The zero-order valence-electron chi connectivity index (χ0n) is 13.0. The molecule has 0 aliphatic carbocycles. The van der Waals surface area contributed by atoms with E-state index in [1.165, 1.54) is 0 Å². The van der Waals surface area contributed by atoms with Gasteiger partial charge < -0.3 is 25.2 Å². The van der Waals surface area contributed by atoms with Gasteiger partial charge in [0.15, 0.2) is 0 Å². The van der Waals surface area contributed by atoms with Crippen molar-refractivity contribution < 1.29 is 14.3 Å². The fraction of sp³-hybridized carbons (Fsp3) is 0.857. The first-order chi connectivity index (χ1) is 9.92. The zero-order chi connectivity index (χ0) is 15.5. The maximum atomic E-state index is 12.6. The number of nitrogens with zero attached hydrogens (tertiary/aromatic N) is 3. The van der Waals surface area contributed by atoms with Crippen LogP contribution in [0, 0.1) is 0 Å². The van der Waals surface area contributed by atoms with Crippen molar-refractivity contribution in [1.82, 2.24) is 14.7 Å². The number of rotatable bonds is 3. The van der Waals surface area contributed by atoms with Crippen LogP contribution in [0.25, 0.3) is 0 Å². The van der Waals surface area contributed by atoms with Gasteiger partial charge in [-0.25, -0.2) is 0 Å². The van der Waals surface area contributed by atoms with E-state index < -0.39 is 5.54 Å². The van der Waals surface area contributed by atoms with Crippen molar-refractivity contribution in [3.05, 3.63) is 0 Å². The molecule has 0 aromatic carbocycles. The molecule has 7 heteroatoms. The molecule has 7 nitrogen and oxygen atoms in total. The standard InChI is InChI=1S/C14H26N4O3/c1-16(2)11-12(19)17-5-7-18(8-6-17)13(20)14(15)3-9-21-10-4-14/h3-11,15H2,1-2H3. The van der Waals surface area contributed by atoms with Crippen LogP contribution in [-0.4, -0.2) is 92.1 Å². The van der Waals surface area contributed by atoms with Crippen LogP contribution in [0.3, 0.4) is 0 Å². The first kappa shape index (κ1) is 16.2. The molecule has 2 fully saturated rings. The lowest BCUT2D eigenvalue weighted by Crippen LogP contribution is -2.62. The summed E-state index contributed by atoms with van der Waals surface area (Å²) in [4.78, 5) is 30.0. The van der Waals surface area contributed by atoms with E-state index in [1.807, 2.05) is 23.9 Å². The molecule has 0 aromatic rings. The van der Waals surface area contributed by atoms with Crippen molar-refractivity contribution >= 4 is 11.8 Å². The molecule has 120 valence electrons. The van der Waals surface area contributed by atoms with Gasteiger partial charge in [0.05, 0.1) is 12.1 Å². The van der Waals surface area contributed by atoms with Crippen LogP contribution in [0.15, 0.2) is 0 Å². The maximum Gasteiger partial charge on any atom is 0.242 e. The van der Waals surface area contributed by atoms with E-state index >= 15 is 0 Å². The van der Waals surface area contributed by atoms with Crippen LogP contribution in [0.4, 0.5) is 0 Å². The Morgan fingerprint density at radius 1 is 1.10 bits per heavy atom. The van der Waals surface area contributed by atoms with Gasteiger partial charge in [0.1, 0.15) is 0 Å². The lowest BCUT2D eigenvalue weighted by molar-refractivity contribution is -0.145. The topological polar surface area (TPSA) is 79.1 Å². The summed E-state index contributed by atoms with van der Waals surface area (Å²) in [7, 11) is 3.75. The van der Waals surface area contributed by atoms with Crippen molar-refractivity contribution in [3.8, 4) is 0 Å². The van der Waals surface area contributed by atoms with E-state index in [2.05, 4.69) is 0 Å². The fourth-order valence-electron chi connectivity index (χ4n) is 2.79. The Bertz CT molecular complexity index is 386. The molecule has 2 aliphatic heterocycles. The fourth-order valence-corrected chi connectivity index (χ4v) is 2.79. The summed E-state index contributed by atoms with van der Waals surface area (Å²) in [5, 5.41) is 0. The summed E-state index contributed by atoms with van der Waals surface area (Å²) >= 11 is 0. The zero-order valence-corrected chi connectivity index (χ0v) is 13.0. The van der Waals surface area contributed by atoms with Gasteiger partial charge >= 0.3 is 0 Å². The summed E-state index contributed by atoms with van der Waals surface area (Å²) in [6, 6.07) is 0. The normalized spacial score (nSPS) is 22.5. The predicted molar refractivity (Wildman–Crippen MR) is 78.7 cm³/mol. The van der Waals surface area contributed by atoms with Gasteiger partial charge in [-0.2, -0.15) is 0 Å². The lowest BCUT2D eigenvalue weighted by atomic mass is 9.89. The highest BCUT2D eigenvalue weighted by molar-refractivity contribution is 5.86.